The molecule has 3 nitrogen and oxygen atoms in total. The Balaban J connectivity index is 3.49. The van der Waals surface area contributed by atoms with E-state index in [1.165, 1.54) is 6.92 Å². The fourth-order valence-corrected chi connectivity index (χ4v) is 1.29. The summed E-state index contributed by atoms with van der Waals surface area (Å²) in [6.45, 7) is 1.26. The number of rotatable bonds is 1. The second-order valence-corrected chi connectivity index (χ2v) is 3.15. The van der Waals surface area contributed by atoms with E-state index in [4.69, 9.17) is 16.7 Å². The van der Waals surface area contributed by atoms with Crippen molar-refractivity contribution < 1.29 is 23.1 Å². The van der Waals surface area contributed by atoms with Crippen molar-refractivity contribution in [1.29, 1.82) is 0 Å². The number of nitrogens with zero attached hydrogens (tertiary/aromatic N) is 1. The van der Waals surface area contributed by atoms with Crippen LogP contribution in [0.4, 0.5) is 13.2 Å². The van der Waals surface area contributed by atoms with E-state index in [0.717, 1.165) is 6.07 Å². The zero-order valence-corrected chi connectivity index (χ0v) is 8.15. The maximum absolute atomic E-state index is 12.3. The van der Waals surface area contributed by atoms with E-state index in [1.807, 2.05) is 0 Å². The summed E-state index contributed by atoms with van der Waals surface area (Å²) >= 11 is 5.30. The lowest BCUT2D eigenvalue weighted by atomic mass is 10.2. The summed E-state index contributed by atoms with van der Waals surface area (Å²) in [7, 11) is 0. The molecule has 0 spiro atoms. The van der Waals surface area contributed by atoms with Gasteiger partial charge in [0.15, 0.2) is 5.69 Å². The van der Waals surface area contributed by atoms with Crippen molar-refractivity contribution >= 4 is 17.6 Å². The Morgan fingerprint density at radius 1 is 1.53 bits per heavy atom. The SMILES string of the molecule is Cc1cc(C(=O)O)c(Cl)c(C(F)(F)F)n1. The van der Waals surface area contributed by atoms with Gasteiger partial charge < -0.3 is 5.11 Å². The maximum Gasteiger partial charge on any atom is 0.434 e. The molecule has 82 valence electrons. The number of carboxylic acids is 1. The first-order valence-corrected chi connectivity index (χ1v) is 4.09. The molecule has 0 fully saturated rings. The van der Waals surface area contributed by atoms with Crippen molar-refractivity contribution in [3.05, 3.63) is 28.0 Å². The molecule has 1 aromatic rings. The summed E-state index contributed by atoms with van der Waals surface area (Å²) in [5.41, 5.74) is -2.03. The first kappa shape index (κ1) is 11.8. The number of carboxylic acid groups (broad SMARTS) is 1. The van der Waals surface area contributed by atoms with Crippen molar-refractivity contribution in [3.63, 3.8) is 0 Å². The lowest BCUT2D eigenvalue weighted by Crippen LogP contribution is -2.13. The molecular formula is C8H5ClF3NO2. The minimum atomic E-state index is -4.76. The summed E-state index contributed by atoms with van der Waals surface area (Å²) < 4.78 is 37.0. The van der Waals surface area contributed by atoms with E-state index in [9.17, 15) is 18.0 Å². The fourth-order valence-electron chi connectivity index (χ4n) is 1.00. The minimum absolute atomic E-state index is 0.0517. The van der Waals surface area contributed by atoms with Crippen LogP contribution in [0, 0.1) is 6.92 Å². The normalized spacial score (nSPS) is 11.5. The van der Waals surface area contributed by atoms with Crippen LogP contribution in [0.2, 0.25) is 5.02 Å². The van der Waals surface area contributed by atoms with E-state index in [1.54, 1.807) is 0 Å². The number of alkyl halides is 3. The summed E-state index contributed by atoms with van der Waals surface area (Å²) in [5, 5.41) is 7.71. The van der Waals surface area contributed by atoms with Crippen LogP contribution in [-0.2, 0) is 6.18 Å². The van der Waals surface area contributed by atoms with Gasteiger partial charge in [-0.15, -0.1) is 0 Å². The molecule has 1 heterocycles. The molecule has 0 aliphatic rings. The zero-order valence-electron chi connectivity index (χ0n) is 7.39. The molecule has 7 heteroatoms. The first-order chi connectivity index (χ1) is 6.73. The van der Waals surface area contributed by atoms with Crippen LogP contribution in [-0.4, -0.2) is 16.1 Å². The van der Waals surface area contributed by atoms with E-state index in [-0.39, 0.29) is 5.69 Å². The molecule has 0 aromatic carbocycles. The predicted octanol–water partition coefficient (Wildman–Crippen LogP) is 2.76. The van der Waals surface area contributed by atoms with Gasteiger partial charge in [-0.25, -0.2) is 9.78 Å². The third-order valence-corrected chi connectivity index (χ3v) is 1.97. The van der Waals surface area contributed by atoms with E-state index >= 15 is 0 Å². The van der Waals surface area contributed by atoms with Gasteiger partial charge in [0, 0.05) is 5.69 Å². The highest BCUT2D eigenvalue weighted by atomic mass is 35.5. The molecule has 0 saturated heterocycles. The number of aromatic carboxylic acids is 1. The number of aromatic nitrogens is 1. The lowest BCUT2D eigenvalue weighted by molar-refractivity contribution is -0.141. The van der Waals surface area contributed by atoms with Gasteiger partial charge in [-0.3, -0.25) is 0 Å². The van der Waals surface area contributed by atoms with Gasteiger partial charge in [-0.1, -0.05) is 11.6 Å². The molecular weight excluding hydrogens is 235 g/mol. The molecule has 0 aliphatic carbocycles. The highest BCUT2D eigenvalue weighted by Gasteiger charge is 2.37. The van der Waals surface area contributed by atoms with Crippen LogP contribution in [0.1, 0.15) is 21.7 Å². The first-order valence-electron chi connectivity index (χ1n) is 3.71. The van der Waals surface area contributed by atoms with Crippen LogP contribution in [0.3, 0.4) is 0 Å². The molecule has 0 radical (unpaired) electrons. The average molecular weight is 240 g/mol. The average Bonchev–Trinajstić information content (AvgIpc) is 2.06. The number of aryl methyl sites for hydroxylation is 1. The highest BCUT2D eigenvalue weighted by molar-refractivity contribution is 6.34. The van der Waals surface area contributed by atoms with Crippen molar-refractivity contribution in [2.24, 2.45) is 0 Å². The molecule has 0 bridgehead atoms. The smallest absolute Gasteiger partial charge is 0.434 e. The Morgan fingerprint density at radius 2 is 2.07 bits per heavy atom. The Labute approximate surface area is 87.5 Å². The topological polar surface area (TPSA) is 50.2 Å². The van der Waals surface area contributed by atoms with Crippen LogP contribution < -0.4 is 0 Å². The summed E-state index contributed by atoms with van der Waals surface area (Å²) in [6, 6.07) is 0.986. The van der Waals surface area contributed by atoms with Gasteiger partial charge in [-0.2, -0.15) is 13.2 Å². The number of carbonyl (C=O) groups is 1. The maximum atomic E-state index is 12.3. The van der Waals surface area contributed by atoms with Crippen LogP contribution >= 0.6 is 11.6 Å². The standard InChI is InChI=1S/C8H5ClF3NO2/c1-3-2-4(7(14)15)5(9)6(13-3)8(10,11)12/h2H,1H3,(H,14,15). The van der Waals surface area contributed by atoms with Gasteiger partial charge in [0.05, 0.1) is 10.6 Å². The van der Waals surface area contributed by atoms with E-state index in [0.29, 0.717) is 0 Å². The summed E-state index contributed by atoms with van der Waals surface area (Å²) in [4.78, 5) is 13.7. The van der Waals surface area contributed by atoms with Crippen molar-refractivity contribution in [1.82, 2.24) is 4.98 Å². The minimum Gasteiger partial charge on any atom is -0.478 e. The van der Waals surface area contributed by atoms with Crippen LogP contribution in [0.5, 0.6) is 0 Å². The lowest BCUT2D eigenvalue weighted by Gasteiger charge is -2.10. The second kappa shape index (κ2) is 3.69. The van der Waals surface area contributed by atoms with Gasteiger partial charge in [-0.05, 0) is 13.0 Å². The molecule has 0 unspecified atom stereocenters. The Hall–Kier alpha value is -1.30. The van der Waals surface area contributed by atoms with Crippen LogP contribution in [0.25, 0.3) is 0 Å². The van der Waals surface area contributed by atoms with Gasteiger partial charge in [0.25, 0.3) is 0 Å². The molecule has 0 amide bonds. The summed E-state index contributed by atoms with van der Waals surface area (Å²) in [6.07, 6.45) is -4.76. The Bertz CT molecular complexity index is 417. The fraction of sp³-hybridized carbons (Fsp3) is 0.250. The quantitative estimate of drug-likeness (QED) is 0.820. The molecule has 0 saturated carbocycles. The van der Waals surface area contributed by atoms with Gasteiger partial charge in [0.1, 0.15) is 0 Å². The monoisotopic (exact) mass is 239 g/mol. The largest absolute Gasteiger partial charge is 0.478 e. The molecule has 1 N–H and O–H groups in total. The molecule has 0 aliphatic heterocycles. The van der Waals surface area contributed by atoms with Crippen molar-refractivity contribution in [3.8, 4) is 0 Å². The number of hydrogen-bond donors (Lipinski definition) is 1. The number of hydrogen-bond acceptors (Lipinski definition) is 2. The Morgan fingerprint density at radius 3 is 2.47 bits per heavy atom. The second-order valence-electron chi connectivity index (χ2n) is 2.78. The third kappa shape index (κ3) is 2.38. The van der Waals surface area contributed by atoms with Gasteiger partial charge in [0.2, 0.25) is 0 Å². The predicted molar refractivity (Wildman–Crippen MR) is 45.9 cm³/mol. The van der Waals surface area contributed by atoms with Crippen molar-refractivity contribution in [2.45, 2.75) is 13.1 Å². The van der Waals surface area contributed by atoms with E-state index < -0.39 is 28.4 Å². The molecule has 1 rings (SSSR count). The highest BCUT2D eigenvalue weighted by Crippen LogP contribution is 2.35. The van der Waals surface area contributed by atoms with Crippen molar-refractivity contribution in [2.75, 3.05) is 0 Å². The van der Waals surface area contributed by atoms with Gasteiger partial charge >= 0.3 is 12.1 Å². The molecule has 1 aromatic heterocycles. The van der Waals surface area contributed by atoms with Crippen LogP contribution in [0.15, 0.2) is 6.07 Å². The zero-order chi connectivity index (χ0) is 11.8. The molecule has 15 heavy (non-hydrogen) atoms. The Kier molecular flexibility index (Phi) is 2.90. The third-order valence-electron chi connectivity index (χ3n) is 1.58. The van der Waals surface area contributed by atoms with E-state index in [2.05, 4.69) is 4.98 Å². The number of pyridine rings is 1. The summed E-state index contributed by atoms with van der Waals surface area (Å²) in [5.74, 6) is -1.52. The number of halogens is 4. The molecule has 0 atom stereocenters.